The second-order valence-electron chi connectivity index (χ2n) is 4.51. The largest absolute Gasteiger partial charge is 0.389 e. The van der Waals surface area contributed by atoms with Crippen LogP contribution in [-0.2, 0) is 0 Å². The Bertz CT molecular complexity index is 581. The van der Waals surface area contributed by atoms with Gasteiger partial charge in [0.1, 0.15) is 4.99 Å². The Kier molecular flexibility index (Phi) is 4.12. The number of anilines is 1. The molecule has 0 radical (unpaired) electrons. The number of hydrogen-bond acceptors (Lipinski definition) is 3. The third-order valence-corrected chi connectivity index (χ3v) is 3.23. The second kappa shape index (κ2) is 5.80. The molecule has 0 aliphatic heterocycles. The molecule has 0 saturated heterocycles. The monoisotopic (exact) mass is 271 g/mol. The molecule has 4 heteroatoms. The van der Waals surface area contributed by atoms with Gasteiger partial charge in [0.2, 0.25) is 0 Å². The Hall–Kier alpha value is -1.94. The quantitative estimate of drug-likeness (QED) is 0.838. The molecule has 1 aromatic heterocycles. The average molecular weight is 271 g/mol. The summed E-state index contributed by atoms with van der Waals surface area (Å²) in [6.07, 6.45) is 1.80. The molecule has 0 spiro atoms. The van der Waals surface area contributed by atoms with E-state index in [0.717, 1.165) is 22.5 Å². The second-order valence-corrected chi connectivity index (χ2v) is 4.95. The summed E-state index contributed by atoms with van der Waals surface area (Å²) in [7, 11) is 0. The first kappa shape index (κ1) is 13.5. The molecule has 3 nitrogen and oxygen atoms in total. The van der Waals surface area contributed by atoms with Crippen LogP contribution in [0.25, 0.3) is 0 Å². The SMILES string of the molecule is Cc1cc(NC(C)c2ccccn2)ccc1C(N)=S. The lowest BCUT2D eigenvalue weighted by atomic mass is 10.1. The summed E-state index contributed by atoms with van der Waals surface area (Å²) in [5.74, 6) is 0. The summed E-state index contributed by atoms with van der Waals surface area (Å²) in [6.45, 7) is 4.09. The van der Waals surface area contributed by atoms with Gasteiger partial charge in [-0.05, 0) is 49.7 Å². The van der Waals surface area contributed by atoms with Crippen LogP contribution in [0, 0.1) is 6.92 Å². The Morgan fingerprint density at radius 3 is 2.68 bits per heavy atom. The summed E-state index contributed by atoms with van der Waals surface area (Å²) in [4.78, 5) is 4.77. The molecule has 1 unspecified atom stereocenters. The zero-order valence-corrected chi connectivity index (χ0v) is 11.9. The number of aryl methyl sites for hydroxylation is 1. The molecule has 98 valence electrons. The fourth-order valence-electron chi connectivity index (χ4n) is 1.99. The van der Waals surface area contributed by atoms with Crippen molar-refractivity contribution in [3.63, 3.8) is 0 Å². The maximum Gasteiger partial charge on any atom is 0.104 e. The van der Waals surface area contributed by atoms with Gasteiger partial charge in [-0.15, -0.1) is 0 Å². The smallest absolute Gasteiger partial charge is 0.104 e. The number of hydrogen-bond donors (Lipinski definition) is 2. The molecule has 0 saturated carbocycles. The molecular weight excluding hydrogens is 254 g/mol. The standard InChI is InChI=1S/C15H17N3S/c1-10-9-12(6-7-13(10)15(16)19)18-11(2)14-5-3-4-8-17-14/h3-9,11,18H,1-2H3,(H2,16,19). The van der Waals surface area contributed by atoms with Crippen molar-refractivity contribution >= 4 is 22.9 Å². The van der Waals surface area contributed by atoms with Crippen LogP contribution in [0.1, 0.15) is 29.8 Å². The van der Waals surface area contributed by atoms with Gasteiger partial charge in [-0.1, -0.05) is 18.3 Å². The predicted octanol–water partition coefficient (Wildman–Crippen LogP) is 3.20. The van der Waals surface area contributed by atoms with Gasteiger partial charge in [0.15, 0.2) is 0 Å². The normalized spacial score (nSPS) is 11.9. The fraction of sp³-hybridized carbons (Fsp3) is 0.200. The first-order chi connectivity index (χ1) is 9.08. The van der Waals surface area contributed by atoms with Gasteiger partial charge in [-0.3, -0.25) is 4.98 Å². The minimum atomic E-state index is 0.149. The van der Waals surface area contributed by atoms with E-state index < -0.39 is 0 Å². The number of benzene rings is 1. The van der Waals surface area contributed by atoms with Gasteiger partial charge in [0.05, 0.1) is 11.7 Å². The molecule has 2 rings (SSSR count). The van der Waals surface area contributed by atoms with Crippen LogP contribution >= 0.6 is 12.2 Å². The number of nitrogens with two attached hydrogens (primary N) is 1. The van der Waals surface area contributed by atoms with E-state index in [2.05, 4.69) is 17.2 Å². The van der Waals surface area contributed by atoms with E-state index in [1.165, 1.54) is 0 Å². The van der Waals surface area contributed by atoms with Gasteiger partial charge in [0, 0.05) is 17.4 Å². The third kappa shape index (κ3) is 3.29. The van der Waals surface area contributed by atoms with Crippen molar-refractivity contribution in [1.82, 2.24) is 4.98 Å². The van der Waals surface area contributed by atoms with Crippen LogP contribution in [0.4, 0.5) is 5.69 Å². The number of thiocarbonyl (C=S) groups is 1. The number of rotatable bonds is 4. The zero-order valence-electron chi connectivity index (χ0n) is 11.1. The minimum absolute atomic E-state index is 0.149. The number of nitrogens with zero attached hydrogens (tertiary/aromatic N) is 1. The highest BCUT2D eigenvalue weighted by atomic mass is 32.1. The van der Waals surface area contributed by atoms with Crippen LogP contribution in [0.3, 0.4) is 0 Å². The maximum atomic E-state index is 5.66. The highest BCUT2D eigenvalue weighted by Crippen LogP contribution is 2.20. The highest BCUT2D eigenvalue weighted by molar-refractivity contribution is 7.80. The average Bonchev–Trinajstić information content (AvgIpc) is 2.39. The van der Waals surface area contributed by atoms with E-state index in [-0.39, 0.29) is 6.04 Å². The number of aromatic nitrogens is 1. The minimum Gasteiger partial charge on any atom is -0.389 e. The van der Waals surface area contributed by atoms with Crippen LogP contribution in [-0.4, -0.2) is 9.97 Å². The van der Waals surface area contributed by atoms with Gasteiger partial charge >= 0.3 is 0 Å². The van der Waals surface area contributed by atoms with Crippen molar-refractivity contribution in [2.45, 2.75) is 19.9 Å². The van der Waals surface area contributed by atoms with E-state index in [0.29, 0.717) is 4.99 Å². The molecule has 3 N–H and O–H groups in total. The van der Waals surface area contributed by atoms with Gasteiger partial charge in [-0.25, -0.2) is 0 Å². The Balaban J connectivity index is 2.16. The van der Waals surface area contributed by atoms with E-state index >= 15 is 0 Å². The Labute approximate surface area is 118 Å². The van der Waals surface area contributed by atoms with Gasteiger partial charge < -0.3 is 11.1 Å². The zero-order chi connectivity index (χ0) is 13.8. The first-order valence-electron chi connectivity index (χ1n) is 6.16. The molecule has 0 bridgehead atoms. The lowest BCUT2D eigenvalue weighted by Gasteiger charge is -2.16. The Morgan fingerprint density at radius 2 is 2.11 bits per heavy atom. The fourth-order valence-corrected chi connectivity index (χ4v) is 2.21. The predicted molar refractivity (Wildman–Crippen MR) is 83.3 cm³/mol. The number of nitrogens with one attached hydrogen (secondary N) is 1. The first-order valence-corrected chi connectivity index (χ1v) is 6.56. The third-order valence-electron chi connectivity index (χ3n) is 3.01. The molecule has 0 fully saturated rings. The topological polar surface area (TPSA) is 50.9 Å². The van der Waals surface area contributed by atoms with Crippen LogP contribution < -0.4 is 11.1 Å². The van der Waals surface area contributed by atoms with Crippen molar-refractivity contribution in [3.8, 4) is 0 Å². The van der Waals surface area contributed by atoms with Crippen LogP contribution in [0.15, 0.2) is 42.6 Å². The highest BCUT2D eigenvalue weighted by Gasteiger charge is 2.07. The molecule has 1 aromatic carbocycles. The summed E-state index contributed by atoms with van der Waals surface area (Å²) in [6, 6.07) is 12.0. The molecule has 19 heavy (non-hydrogen) atoms. The van der Waals surface area contributed by atoms with Crippen LogP contribution in [0.5, 0.6) is 0 Å². The van der Waals surface area contributed by atoms with E-state index in [1.54, 1.807) is 6.20 Å². The molecule has 0 aliphatic carbocycles. The van der Waals surface area contributed by atoms with Crippen molar-refractivity contribution < 1.29 is 0 Å². The Morgan fingerprint density at radius 1 is 1.32 bits per heavy atom. The van der Waals surface area contributed by atoms with Crippen molar-refractivity contribution in [2.24, 2.45) is 5.73 Å². The summed E-state index contributed by atoms with van der Waals surface area (Å²) >= 11 is 5.00. The van der Waals surface area contributed by atoms with Crippen molar-refractivity contribution in [3.05, 3.63) is 59.4 Å². The molecule has 0 aliphatic rings. The maximum absolute atomic E-state index is 5.66. The summed E-state index contributed by atoms with van der Waals surface area (Å²) in [5.41, 5.74) is 9.71. The van der Waals surface area contributed by atoms with E-state index in [1.807, 2.05) is 43.3 Å². The molecule has 2 aromatic rings. The summed E-state index contributed by atoms with van der Waals surface area (Å²) in [5, 5.41) is 3.42. The molecular formula is C15H17N3S. The molecule has 0 amide bonds. The summed E-state index contributed by atoms with van der Waals surface area (Å²) < 4.78 is 0. The van der Waals surface area contributed by atoms with Crippen LogP contribution in [0.2, 0.25) is 0 Å². The van der Waals surface area contributed by atoms with Gasteiger partial charge in [0.25, 0.3) is 0 Å². The van der Waals surface area contributed by atoms with E-state index in [9.17, 15) is 0 Å². The molecule has 1 atom stereocenters. The number of pyridine rings is 1. The molecule has 1 heterocycles. The van der Waals surface area contributed by atoms with Crippen molar-refractivity contribution in [1.29, 1.82) is 0 Å². The van der Waals surface area contributed by atoms with Gasteiger partial charge in [-0.2, -0.15) is 0 Å². The van der Waals surface area contributed by atoms with Crippen molar-refractivity contribution in [2.75, 3.05) is 5.32 Å². The lowest BCUT2D eigenvalue weighted by Crippen LogP contribution is -2.12. The lowest BCUT2D eigenvalue weighted by molar-refractivity contribution is 0.839. The van der Waals surface area contributed by atoms with E-state index in [4.69, 9.17) is 18.0 Å².